The molecule has 0 spiro atoms. The average molecular weight is 419 g/mol. The van der Waals surface area contributed by atoms with Crippen molar-refractivity contribution in [3.8, 4) is 11.8 Å². The lowest BCUT2D eigenvalue weighted by Crippen LogP contribution is -2.02. The Balaban J connectivity index is 2.21. The van der Waals surface area contributed by atoms with Gasteiger partial charge in [0.1, 0.15) is 6.61 Å². The summed E-state index contributed by atoms with van der Waals surface area (Å²) in [5.41, 5.74) is 7.64. The summed E-state index contributed by atoms with van der Waals surface area (Å²) in [7, 11) is 0. The molecule has 0 saturated carbocycles. The van der Waals surface area contributed by atoms with Gasteiger partial charge in [-0.3, -0.25) is 0 Å². The van der Waals surface area contributed by atoms with Crippen LogP contribution in [-0.2, 0) is 6.61 Å². The van der Waals surface area contributed by atoms with E-state index < -0.39 is 0 Å². The summed E-state index contributed by atoms with van der Waals surface area (Å²) in [6, 6.07) is 10.6. The second-order valence-electron chi connectivity index (χ2n) is 4.01. The van der Waals surface area contributed by atoms with E-state index in [0.29, 0.717) is 27.0 Å². The highest BCUT2D eigenvalue weighted by atomic mass is 127. The van der Waals surface area contributed by atoms with Crippen molar-refractivity contribution in [2.24, 2.45) is 0 Å². The third-order valence-corrected chi connectivity index (χ3v) is 3.98. The molecular weight excluding hydrogens is 410 g/mol. The number of halogens is 3. The van der Waals surface area contributed by atoms with E-state index in [1.807, 2.05) is 6.07 Å². The molecule has 0 bridgehead atoms. The standard InChI is InChI=1S/C14H9Cl2IN2O/c15-10-2-1-9(11(16)5-10)7-20-14-12(17)3-8(6-18)4-13(14)19/h1-5H,7,19H2. The van der Waals surface area contributed by atoms with Gasteiger partial charge in [-0.2, -0.15) is 5.26 Å². The summed E-state index contributed by atoms with van der Waals surface area (Å²) < 4.78 is 6.49. The third kappa shape index (κ3) is 3.48. The van der Waals surface area contributed by atoms with Crippen LogP contribution in [0, 0.1) is 14.9 Å². The lowest BCUT2D eigenvalue weighted by atomic mass is 10.2. The zero-order valence-corrected chi connectivity index (χ0v) is 13.8. The van der Waals surface area contributed by atoms with Gasteiger partial charge in [0, 0.05) is 15.6 Å². The van der Waals surface area contributed by atoms with Gasteiger partial charge in [-0.15, -0.1) is 0 Å². The Morgan fingerprint density at radius 3 is 2.60 bits per heavy atom. The number of hydrogen-bond donors (Lipinski definition) is 1. The van der Waals surface area contributed by atoms with Gasteiger partial charge in [-0.25, -0.2) is 0 Å². The van der Waals surface area contributed by atoms with Gasteiger partial charge < -0.3 is 10.5 Å². The zero-order valence-electron chi connectivity index (χ0n) is 10.2. The molecule has 102 valence electrons. The van der Waals surface area contributed by atoms with Crippen molar-refractivity contribution in [3.05, 3.63) is 55.1 Å². The van der Waals surface area contributed by atoms with Gasteiger partial charge in [-0.1, -0.05) is 29.3 Å². The van der Waals surface area contributed by atoms with E-state index in [9.17, 15) is 0 Å². The topological polar surface area (TPSA) is 59.0 Å². The monoisotopic (exact) mass is 418 g/mol. The number of nitriles is 1. The minimum absolute atomic E-state index is 0.280. The van der Waals surface area contributed by atoms with Crippen LogP contribution in [0.1, 0.15) is 11.1 Å². The van der Waals surface area contributed by atoms with Crippen molar-refractivity contribution in [1.29, 1.82) is 5.26 Å². The maximum absolute atomic E-state index is 8.87. The summed E-state index contributed by atoms with van der Waals surface area (Å²) >= 11 is 14.0. The van der Waals surface area contributed by atoms with Crippen LogP contribution in [-0.4, -0.2) is 0 Å². The van der Waals surface area contributed by atoms with Crippen molar-refractivity contribution in [2.45, 2.75) is 6.61 Å². The molecule has 2 aromatic carbocycles. The van der Waals surface area contributed by atoms with E-state index in [1.54, 1.807) is 30.3 Å². The molecule has 0 saturated heterocycles. The lowest BCUT2D eigenvalue weighted by molar-refractivity contribution is 0.306. The molecule has 0 aliphatic rings. The molecule has 2 aromatic rings. The van der Waals surface area contributed by atoms with Crippen molar-refractivity contribution >= 4 is 51.5 Å². The summed E-state index contributed by atoms with van der Waals surface area (Å²) in [6.07, 6.45) is 0. The number of nitrogen functional groups attached to an aromatic ring is 1. The Bertz CT molecular complexity index is 675. The van der Waals surface area contributed by atoms with E-state index in [1.165, 1.54) is 0 Å². The first kappa shape index (κ1) is 15.2. The summed E-state index contributed by atoms with van der Waals surface area (Å²) in [5, 5.41) is 9.98. The number of benzene rings is 2. The highest BCUT2D eigenvalue weighted by Crippen LogP contribution is 2.31. The van der Waals surface area contributed by atoms with E-state index in [4.69, 9.17) is 38.9 Å². The van der Waals surface area contributed by atoms with Crippen LogP contribution in [0.2, 0.25) is 10.0 Å². The second kappa shape index (κ2) is 6.53. The first-order valence-electron chi connectivity index (χ1n) is 5.57. The molecule has 20 heavy (non-hydrogen) atoms. The van der Waals surface area contributed by atoms with Crippen LogP contribution < -0.4 is 10.5 Å². The molecule has 0 amide bonds. The summed E-state index contributed by atoms with van der Waals surface area (Å²) in [4.78, 5) is 0. The van der Waals surface area contributed by atoms with Gasteiger partial charge in [-0.05, 0) is 46.9 Å². The number of anilines is 1. The van der Waals surface area contributed by atoms with E-state index in [-0.39, 0.29) is 6.61 Å². The number of nitrogens with two attached hydrogens (primary N) is 1. The van der Waals surface area contributed by atoms with E-state index in [2.05, 4.69) is 22.6 Å². The lowest BCUT2D eigenvalue weighted by Gasteiger charge is -2.12. The van der Waals surface area contributed by atoms with Crippen LogP contribution in [0.5, 0.6) is 5.75 Å². The number of rotatable bonds is 3. The molecule has 0 aliphatic heterocycles. The van der Waals surface area contributed by atoms with Crippen molar-refractivity contribution in [3.63, 3.8) is 0 Å². The zero-order chi connectivity index (χ0) is 14.7. The van der Waals surface area contributed by atoms with Crippen LogP contribution >= 0.6 is 45.8 Å². The molecular formula is C14H9Cl2IN2O. The fourth-order valence-electron chi connectivity index (χ4n) is 1.62. The Morgan fingerprint density at radius 1 is 1.25 bits per heavy atom. The highest BCUT2D eigenvalue weighted by Gasteiger charge is 2.10. The molecule has 0 aromatic heterocycles. The van der Waals surface area contributed by atoms with Crippen molar-refractivity contribution in [2.75, 3.05) is 5.73 Å². The molecule has 0 fully saturated rings. The van der Waals surface area contributed by atoms with Gasteiger partial charge >= 0.3 is 0 Å². The van der Waals surface area contributed by atoms with E-state index >= 15 is 0 Å². The van der Waals surface area contributed by atoms with Crippen LogP contribution in [0.25, 0.3) is 0 Å². The smallest absolute Gasteiger partial charge is 0.156 e. The van der Waals surface area contributed by atoms with Gasteiger partial charge in [0.15, 0.2) is 5.75 Å². The molecule has 0 aliphatic carbocycles. The molecule has 6 heteroatoms. The molecule has 0 unspecified atom stereocenters. The summed E-state index contributed by atoms with van der Waals surface area (Å²) in [6.45, 7) is 0.280. The number of hydrogen-bond acceptors (Lipinski definition) is 3. The largest absolute Gasteiger partial charge is 0.486 e. The second-order valence-corrected chi connectivity index (χ2v) is 6.02. The highest BCUT2D eigenvalue weighted by molar-refractivity contribution is 14.1. The fraction of sp³-hybridized carbons (Fsp3) is 0.0714. The molecule has 0 radical (unpaired) electrons. The Kier molecular flexibility index (Phi) is 4.97. The summed E-state index contributed by atoms with van der Waals surface area (Å²) in [5.74, 6) is 0.551. The molecule has 2 N–H and O–H groups in total. The van der Waals surface area contributed by atoms with Crippen LogP contribution in [0.15, 0.2) is 30.3 Å². The van der Waals surface area contributed by atoms with Gasteiger partial charge in [0.2, 0.25) is 0 Å². The first-order chi connectivity index (χ1) is 9.51. The van der Waals surface area contributed by atoms with E-state index in [0.717, 1.165) is 9.13 Å². The Hall–Kier alpha value is -1.16. The molecule has 0 heterocycles. The van der Waals surface area contributed by atoms with Crippen molar-refractivity contribution in [1.82, 2.24) is 0 Å². The minimum atomic E-state index is 0.280. The van der Waals surface area contributed by atoms with Crippen LogP contribution in [0.3, 0.4) is 0 Å². The quantitative estimate of drug-likeness (QED) is 0.583. The minimum Gasteiger partial charge on any atom is -0.486 e. The number of ether oxygens (including phenoxy) is 1. The predicted molar refractivity (Wildman–Crippen MR) is 89.1 cm³/mol. The fourth-order valence-corrected chi connectivity index (χ4v) is 2.89. The van der Waals surface area contributed by atoms with Gasteiger partial charge in [0.05, 0.1) is 20.9 Å². The van der Waals surface area contributed by atoms with Crippen LogP contribution in [0.4, 0.5) is 5.69 Å². The average Bonchev–Trinajstić information content (AvgIpc) is 2.39. The normalized spacial score (nSPS) is 10.1. The SMILES string of the molecule is N#Cc1cc(N)c(OCc2ccc(Cl)cc2Cl)c(I)c1. The third-order valence-electron chi connectivity index (χ3n) is 2.59. The maximum atomic E-state index is 8.87. The Labute approximate surface area is 140 Å². The van der Waals surface area contributed by atoms with Crippen molar-refractivity contribution < 1.29 is 4.74 Å². The molecule has 0 atom stereocenters. The molecule has 2 rings (SSSR count). The molecule has 3 nitrogen and oxygen atoms in total. The Morgan fingerprint density at radius 2 is 2.00 bits per heavy atom. The maximum Gasteiger partial charge on any atom is 0.156 e. The first-order valence-corrected chi connectivity index (χ1v) is 7.40. The predicted octanol–water partition coefficient (Wildman–Crippen LogP) is 4.63. The number of nitrogens with zero attached hydrogens (tertiary/aromatic N) is 1. The van der Waals surface area contributed by atoms with Gasteiger partial charge in [0.25, 0.3) is 0 Å².